The third-order valence-electron chi connectivity index (χ3n) is 2.22. The summed E-state index contributed by atoms with van der Waals surface area (Å²) in [4.78, 5) is 11.6. The minimum absolute atomic E-state index is 0.174. The van der Waals surface area contributed by atoms with Crippen LogP contribution in [0, 0.1) is 0 Å². The zero-order chi connectivity index (χ0) is 11.8. The summed E-state index contributed by atoms with van der Waals surface area (Å²) in [5.74, 6) is 1.55. The van der Waals surface area contributed by atoms with Crippen LogP contribution in [0.5, 0.6) is 5.75 Å². The lowest BCUT2D eigenvalue weighted by molar-refractivity contribution is 0.102. The summed E-state index contributed by atoms with van der Waals surface area (Å²) in [5, 5.41) is 0. The highest BCUT2D eigenvalue weighted by Gasteiger charge is 2.04. The number of benzene rings is 1. The minimum atomic E-state index is 0.174. The van der Waals surface area contributed by atoms with Crippen LogP contribution in [0.3, 0.4) is 0 Å². The van der Waals surface area contributed by atoms with Crippen molar-refractivity contribution in [3.05, 3.63) is 29.8 Å². The monoisotopic (exact) mass is 238 g/mol. The molecule has 0 saturated heterocycles. The Morgan fingerprint density at radius 1 is 1.31 bits per heavy atom. The van der Waals surface area contributed by atoms with Crippen molar-refractivity contribution in [2.45, 2.75) is 19.8 Å². The van der Waals surface area contributed by atoms with Crippen molar-refractivity contribution in [3.63, 3.8) is 0 Å². The highest BCUT2D eigenvalue weighted by Crippen LogP contribution is 2.14. The molecule has 0 atom stereocenters. The Kier molecular flexibility index (Phi) is 6.01. The van der Waals surface area contributed by atoms with Crippen molar-refractivity contribution in [2.75, 3.05) is 18.6 Å². The lowest BCUT2D eigenvalue weighted by Gasteiger charge is -2.05. The number of thioether (sulfide) groups is 1. The molecular weight excluding hydrogens is 220 g/mol. The molecule has 0 aliphatic heterocycles. The molecule has 16 heavy (non-hydrogen) atoms. The van der Waals surface area contributed by atoms with Crippen LogP contribution in [0.4, 0.5) is 0 Å². The SMILES string of the molecule is CCCCOc1ccc(C(=O)CSC)cc1. The first kappa shape index (κ1) is 13.1. The maximum atomic E-state index is 11.6. The van der Waals surface area contributed by atoms with Gasteiger partial charge in [-0.15, -0.1) is 0 Å². The zero-order valence-corrected chi connectivity index (χ0v) is 10.7. The van der Waals surface area contributed by atoms with Crippen LogP contribution in [0.15, 0.2) is 24.3 Å². The molecule has 0 aromatic heterocycles. The Hall–Kier alpha value is -0.960. The number of rotatable bonds is 7. The van der Waals surface area contributed by atoms with Crippen molar-refractivity contribution in [1.29, 1.82) is 0 Å². The average Bonchev–Trinajstić information content (AvgIpc) is 2.30. The quantitative estimate of drug-likeness (QED) is 0.538. The molecular formula is C13H18O2S. The van der Waals surface area contributed by atoms with Crippen molar-refractivity contribution in [2.24, 2.45) is 0 Å². The highest BCUT2D eigenvalue weighted by molar-refractivity contribution is 7.99. The second-order valence-electron chi connectivity index (χ2n) is 3.58. The minimum Gasteiger partial charge on any atom is -0.494 e. The smallest absolute Gasteiger partial charge is 0.172 e. The van der Waals surface area contributed by atoms with E-state index in [-0.39, 0.29) is 5.78 Å². The molecule has 0 amide bonds. The lowest BCUT2D eigenvalue weighted by atomic mass is 10.1. The summed E-state index contributed by atoms with van der Waals surface area (Å²) < 4.78 is 5.52. The molecule has 0 aliphatic rings. The molecule has 0 fully saturated rings. The second kappa shape index (κ2) is 7.34. The van der Waals surface area contributed by atoms with Crippen LogP contribution >= 0.6 is 11.8 Å². The summed E-state index contributed by atoms with van der Waals surface area (Å²) >= 11 is 1.54. The predicted octanol–water partition coefficient (Wildman–Crippen LogP) is 3.41. The van der Waals surface area contributed by atoms with Crippen LogP contribution in [-0.2, 0) is 0 Å². The van der Waals surface area contributed by atoms with Crippen LogP contribution in [0.25, 0.3) is 0 Å². The maximum Gasteiger partial charge on any atom is 0.172 e. The molecule has 0 radical (unpaired) electrons. The van der Waals surface area contributed by atoms with E-state index in [0.717, 1.165) is 30.8 Å². The Morgan fingerprint density at radius 3 is 2.56 bits per heavy atom. The summed E-state index contributed by atoms with van der Waals surface area (Å²) in [6, 6.07) is 7.39. The van der Waals surface area contributed by atoms with Gasteiger partial charge in [-0.05, 0) is 36.9 Å². The van der Waals surface area contributed by atoms with E-state index in [4.69, 9.17) is 4.74 Å². The number of hydrogen-bond acceptors (Lipinski definition) is 3. The van der Waals surface area contributed by atoms with Gasteiger partial charge in [-0.25, -0.2) is 0 Å². The third kappa shape index (κ3) is 4.27. The van der Waals surface area contributed by atoms with Crippen LogP contribution in [0.2, 0.25) is 0 Å². The third-order valence-corrected chi connectivity index (χ3v) is 2.77. The first-order chi connectivity index (χ1) is 7.77. The van der Waals surface area contributed by atoms with E-state index in [1.165, 1.54) is 0 Å². The Morgan fingerprint density at radius 2 is 2.00 bits per heavy atom. The Balaban J connectivity index is 2.50. The average molecular weight is 238 g/mol. The van der Waals surface area contributed by atoms with Gasteiger partial charge in [-0.3, -0.25) is 4.79 Å². The van der Waals surface area contributed by atoms with E-state index >= 15 is 0 Å². The summed E-state index contributed by atoms with van der Waals surface area (Å²) in [5.41, 5.74) is 0.761. The van der Waals surface area contributed by atoms with E-state index in [2.05, 4.69) is 6.92 Å². The van der Waals surface area contributed by atoms with E-state index in [9.17, 15) is 4.79 Å². The zero-order valence-electron chi connectivity index (χ0n) is 9.86. The van der Waals surface area contributed by atoms with Gasteiger partial charge >= 0.3 is 0 Å². The second-order valence-corrected chi connectivity index (χ2v) is 4.45. The van der Waals surface area contributed by atoms with Crippen molar-refractivity contribution in [1.82, 2.24) is 0 Å². The summed E-state index contributed by atoms with van der Waals surface area (Å²) in [6.07, 6.45) is 4.12. The van der Waals surface area contributed by atoms with Gasteiger partial charge in [-0.2, -0.15) is 11.8 Å². The van der Waals surface area contributed by atoms with Gasteiger partial charge in [0.1, 0.15) is 5.75 Å². The largest absolute Gasteiger partial charge is 0.494 e. The molecule has 0 N–H and O–H groups in total. The molecule has 1 aromatic rings. The van der Waals surface area contributed by atoms with Crippen molar-refractivity contribution in [3.8, 4) is 5.75 Å². The van der Waals surface area contributed by atoms with Gasteiger partial charge < -0.3 is 4.74 Å². The van der Waals surface area contributed by atoms with Gasteiger partial charge in [0, 0.05) is 5.56 Å². The normalized spacial score (nSPS) is 10.1. The van der Waals surface area contributed by atoms with E-state index in [1.54, 1.807) is 11.8 Å². The standard InChI is InChI=1S/C13H18O2S/c1-3-4-9-15-12-7-5-11(6-8-12)13(14)10-16-2/h5-8H,3-4,9-10H2,1-2H3. The molecule has 0 bridgehead atoms. The molecule has 1 rings (SSSR count). The number of carbonyl (C=O) groups excluding carboxylic acids is 1. The maximum absolute atomic E-state index is 11.6. The molecule has 0 aliphatic carbocycles. The molecule has 0 unspecified atom stereocenters. The molecule has 0 heterocycles. The summed E-state index contributed by atoms with van der Waals surface area (Å²) in [7, 11) is 0. The topological polar surface area (TPSA) is 26.3 Å². The van der Waals surface area contributed by atoms with E-state index < -0.39 is 0 Å². The van der Waals surface area contributed by atoms with Crippen molar-refractivity contribution >= 4 is 17.5 Å². The van der Waals surface area contributed by atoms with Gasteiger partial charge in [0.25, 0.3) is 0 Å². The number of Topliss-reactive ketones (excluding diaryl/α,β-unsaturated/α-hetero) is 1. The fraction of sp³-hybridized carbons (Fsp3) is 0.462. The van der Waals surface area contributed by atoms with Gasteiger partial charge in [0.15, 0.2) is 5.78 Å². The molecule has 3 heteroatoms. The van der Waals surface area contributed by atoms with E-state index in [1.807, 2.05) is 30.5 Å². The number of unbranched alkanes of at least 4 members (excludes halogenated alkanes) is 1. The fourth-order valence-corrected chi connectivity index (χ4v) is 1.71. The lowest BCUT2D eigenvalue weighted by Crippen LogP contribution is -2.02. The Bertz CT molecular complexity index is 319. The number of ketones is 1. The molecule has 2 nitrogen and oxygen atoms in total. The van der Waals surface area contributed by atoms with Gasteiger partial charge in [-0.1, -0.05) is 13.3 Å². The van der Waals surface area contributed by atoms with Gasteiger partial charge in [0.05, 0.1) is 12.4 Å². The molecule has 0 saturated carbocycles. The van der Waals surface area contributed by atoms with Crippen molar-refractivity contribution < 1.29 is 9.53 Å². The number of carbonyl (C=O) groups is 1. The molecule has 1 aromatic carbocycles. The first-order valence-corrected chi connectivity index (χ1v) is 6.92. The predicted molar refractivity (Wildman–Crippen MR) is 69.6 cm³/mol. The molecule has 88 valence electrons. The number of ether oxygens (including phenoxy) is 1. The van der Waals surface area contributed by atoms with E-state index in [0.29, 0.717) is 5.75 Å². The highest BCUT2D eigenvalue weighted by atomic mass is 32.2. The van der Waals surface area contributed by atoms with Crippen LogP contribution < -0.4 is 4.74 Å². The van der Waals surface area contributed by atoms with Crippen LogP contribution in [0.1, 0.15) is 30.1 Å². The Labute approximate surface area is 101 Å². The van der Waals surface area contributed by atoms with Gasteiger partial charge in [0.2, 0.25) is 0 Å². The fourth-order valence-electron chi connectivity index (χ4n) is 1.29. The van der Waals surface area contributed by atoms with Crippen LogP contribution in [-0.4, -0.2) is 24.4 Å². The summed E-state index contributed by atoms with van der Waals surface area (Å²) in [6.45, 7) is 2.88. The number of hydrogen-bond donors (Lipinski definition) is 0. The first-order valence-electron chi connectivity index (χ1n) is 5.53. The molecule has 0 spiro atoms.